The largest absolute Gasteiger partial charge is 0.482 e. The third-order valence-electron chi connectivity index (χ3n) is 5.45. The van der Waals surface area contributed by atoms with E-state index in [-0.39, 0.29) is 17.9 Å². The van der Waals surface area contributed by atoms with E-state index in [1.165, 1.54) is 0 Å². The van der Waals surface area contributed by atoms with E-state index >= 15 is 0 Å². The summed E-state index contributed by atoms with van der Waals surface area (Å²) in [6, 6.07) is 13.8. The first kappa shape index (κ1) is 19.7. The molecule has 2 amide bonds. The van der Waals surface area contributed by atoms with Crippen LogP contribution in [0.15, 0.2) is 42.5 Å². The molecule has 3 rings (SSSR count). The number of fused-ring (bicyclic) bond motifs is 1. The van der Waals surface area contributed by atoms with Gasteiger partial charge in [0, 0.05) is 23.9 Å². The fraction of sp³-hybridized carbons (Fsp3) is 0.364. The second-order valence-electron chi connectivity index (χ2n) is 8.20. The molecule has 0 saturated heterocycles. The summed E-state index contributed by atoms with van der Waals surface area (Å²) in [6.45, 7) is 7.56. The molecular weight excluding hydrogens is 354 g/mol. The summed E-state index contributed by atoms with van der Waals surface area (Å²) in [4.78, 5) is 25.5. The topological polar surface area (TPSA) is 98.6 Å². The van der Waals surface area contributed by atoms with Gasteiger partial charge in [0.25, 0.3) is 5.91 Å². The lowest BCUT2D eigenvalue weighted by atomic mass is 9.65. The summed E-state index contributed by atoms with van der Waals surface area (Å²) in [6.07, 6.45) is 0.734. The number of rotatable bonds is 4. The van der Waals surface area contributed by atoms with Crippen molar-refractivity contribution < 1.29 is 14.3 Å². The zero-order valence-corrected chi connectivity index (χ0v) is 16.8. The Bertz CT molecular complexity index is 924. The van der Waals surface area contributed by atoms with Crippen molar-refractivity contribution in [3.05, 3.63) is 53.6 Å². The van der Waals surface area contributed by atoms with Crippen LogP contribution in [-0.4, -0.2) is 24.0 Å². The van der Waals surface area contributed by atoms with E-state index in [1.54, 1.807) is 17.9 Å². The Labute approximate surface area is 165 Å². The monoisotopic (exact) mass is 381 g/mol. The lowest BCUT2D eigenvalue weighted by Gasteiger charge is -2.51. The zero-order chi connectivity index (χ0) is 20.7. The van der Waals surface area contributed by atoms with Crippen molar-refractivity contribution in [2.75, 3.05) is 17.2 Å². The predicted molar refractivity (Wildman–Crippen MR) is 110 cm³/mol. The van der Waals surface area contributed by atoms with Crippen LogP contribution in [0.3, 0.4) is 0 Å². The minimum atomic E-state index is -0.588. The van der Waals surface area contributed by atoms with Gasteiger partial charge in [0.2, 0.25) is 5.91 Å². The smallest absolute Gasteiger partial charge is 0.255 e. The van der Waals surface area contributed by atoms with Gasteiger partial charge < -0.3 is 21.1 Å². The van der Waals surface area contributed by atoms with Gasteiger partial charge in [-0.15, -0.1) is 0 Å². The molecule has 6 nitrogen and oxygen atoms in total. The molecule has 0 radical (unpaired) electrons. The SMILES string of the molecule is CC(=O)N1c2cc(OCC(N)=O)c(N)cc2C(C)(c2ccccc2)CC1(C)C. The highest BCUT2D eigenvalue weighted by Crippen LogP contribution is 2.52. The Morgan fingerprint density at radius 3 is 2.36 bits per heavy atom. The number of nitrogen functional groups attached to an aromatic ring is 1. The summed E-state index contributed by atoms with van der Waals surface area (Å²) in [5, 5.41) is 0. The number of carbonyl (C=O) groups excluding carboxylic acids is 2. The Morgan fingerprint density at radius 2 is 1.79 bits per heavy atom. The Kier molecular flexibility index (Phi) is 4.83. The van der Waals surface area contributed by atoms with Crippen LogP contribution in [0.2, 0.25) is 0 Å². The van der Waals surface area contributed by atoms with Crippen molar-refractivity contribution in [2.45, 2.75) is 45.1 Å². The lowest BCUT2D eigenvalue weighted by Crippen LogP contribution is -2.55. The fourth-order valence-corrected chi connectivity index (χ4v) is 4.51. The molecule has 0 aromatic heterocycles. The Hall–Kier alpha value is -3.02. The van der Waals surface area contributed by atoms with Gasteiger partial charge in [-0.1, -0.05) is 37.3 Å². The number of hydrogen-bond donors (Lipinski definition) is 2. The average molecular weight is 381 g/mol. The molecule has 1 atom stereocenters. The third-order valence-corrected chi connectivity index (χ3v) is 5.45. The van der Waals surface area contributed by atoms with Crippen molar-refractivity contribution in [1.82, 2.24) is 0 Å². The summed E-state index contributed by atoms with van der Waals surface area (Å²) in [5.41, 5.74) is 13.9. The normalized spacial score (nSPS) is 20.4. The molecule has 1 heterocycles. The minimum absolute atomic E-state index is 0.0630. The van der Waals surface area contributed by atoms with Crippen molar-refractivity contribution >= 4 is 23.2 Å². The van der Waals surface area contributed by atoms with E-state index < -0.39 is 11.4 Å². The quantitative estimate of drug-likeness (QED) is 0.796. The number of amides is 2. The maximum atomic E-state index is 12.6. The van der Waals surface area contributed by atoms with Gasteiger partial charge in [-0.3, -0.25) is 9.59 Å². The number of ether oxygens (including phenoxy) is 1. The average Bonchev–Trinajstić information content (AvgIpc) is 2.60. The standard InChI is InChI=1S/C22H27N3O3/c1-14(26)25-18-11-19(28-12-20(24)27)17(23)10-16(18)22(4,13-21(25,2)3)15-8-6-5-7-9-15/h5-11H,12-13,23H2,1-4H3,(H2,24,27). The van der Waals surface area contributed by atoms with Gasteiger partial charge >= 0.3 is 0 Å². The van der Waals surface area contributed by atoms with Gasteiger partial charge in [-0.25, -0.2) is 0 Å². The zero-order valence-electron chi connectivity index (χ0n) is 16.8. The van der Waals surface area contributed by atoms with Crippen LogP contribution in [0.4, 0.5) is 11.4 Å². The van der Waals surface area contributed by atoms with E-state index in [2.05, 4.69) is 32.9 Å². The number of hydrogen-bond acceptors (Lipinski definition) is 4. The van der Waals surface area contributed by atoms with Crippen LogP contribution in [-0.2, 0) is 15.0 Å². The molecule has 4 N–H and O–H groups in total. The number of carbonyl (C=O) groups is 2. The van der Waals surface area contributed by atoms with E-state index in [0.29, 0.717) is 11.4 Å². The fourth-order valence-electron chi connectivity index (χ4n) is 4.51. The van der Waals surface area contributed by atoms with Gasteiger partial charge in [0.1, 0.15) is 5.75 Å². The van der Waals surface area contributed by atoms with Gasteiger partial charge in [-0.2, -0.15) is 0 Å². The molecule has 0 fully saturated rings. The molecule has 2 aromatic carbocycles. The molecular formula is C22H27N3O3. The first-order valence-corrected chi connectivity index (χ1v) is 9.28. The molecule has 0 aliphatic carbocycles. The van der Waals surface area contributed by atoms with Gasteiger partial charge in [0.15, 0.2) is 6.61 Å². The molecule has 1 aliphatic rings. The van der Waals surface area contributed by atoms with E-state index in [1.807, 2.05) is 24.3 Å². The van der Waals surface area contributed by atoms with Gasteiger partial charge in [-0.05, 0) is 37.5 Å². The number of primary amides is 1. The Morgan fingerprint density at radius 1 is 1.14 bits per heavy atom. The number of benzene rings is 2. The van der Waals surface area contributed by atoms with Crippen molar-refractivity contribution in [2.24, 2.45) is 5.73 Å². The molecule has 148 valence electrons. The highest BCUT2D eigenvalue weighted by molar-refractivity contribution is 5.96. The molecule has 2 aromatic rings. The van der Waals surface area contributed by atoms with E-state index in [9.17, 15) is 9.59 Å². The Balaban J connectivity index is 2.25. The van der Waals surface area contributed by atoms with Crippen molar-refractivity contribution in [3.8, 4) is 5.75 Å². The van der Waals surface area contributed by atoms with Crippen molar-refractivity contribution in [3.63, 3.8) is 0 Å². The highest BCUT2D eigenvalue weighted by Gasteiger charge is 2.47. The lowest BCUT2D eigenvalue weighted by molar-refractivity contribution is -0.120. The second-order valence-corrected chi connectivity index (χ2v) is 8.20. The number of nitrogens with two attached hydrogens (primary N) is 2. The van der Waals surface area contributed by atoms with Crippen molar-refractivity contribution in [1.29, 1.82) is 0 Å². The second kappa shape index (κ2) is 6.86. The molecule has 1 unspecified atom stereocenters. The van der Waals surface area contributed by atoms with Crippen LogP contribution < -0.4 is 21.1 Å². The first-order valence-electron chi connectivity index (χ1n) is 9.28. The van der Waals surface area contributed by atoms with Crippen LogP contribution in [0.5, 0.6) is 5.75 Å². The molecule has 1 aliphatic heterocycles. The van der Waals surface area contributed by atoms with E-state index in [4.69, 9.17) is 16.2 Å². The predicted octanol–water partition coefficient (Wildman–Crippen LogP) is 2.97. The molecule has 0 spiro atoms. The van der Waals surface area contributed by atoms with Crippen LogP contribution in [0.1, 0.15) is 45.2 Å². The highest BCUT2D eigenvalue weighted by atomic mass is 16.5. The molecule has 0 saturated carbocycles. The maximum Gasteiger partial charge on any atom is 0.255 e. The summed E-state index contributed by atoms with van der Waals surface area (Å²) in [7, 11) is 0. The minimum Gasteiger partial charge on any atom is -0.482 e. The summed E-state index contributed by atoms with van der Waals surface area (Å²) in [5.74, 6) is -0.307. The van der Waals surface area contributed by atoms with E-state index in [0.717, 1.165) is 23.2 Å². The summed E-state index contributed by atoms with van der Waals surface area (Å²) < 4.78 is 5.50. The third kappa shape index (κ3) is 3.30. The number of nitrogens with zero attached hydrogens (tertiary/aromatic N) is 1. The van der Waals surface area contributed by atoms with Crippen LogP contribution in [0, 0.1) is 0 Å². The number of anilines is 2. The van der Waals surface area contributed by atoms with Crippen LogP contribution >= 0.6 is 0 Å². The van der Waals surface area contributed by atoms with Crippen LogP contribution in [0.25, 0.3) is 0 Å². The summed E-state index contributed by atoms with van der Waals surface area (Å²) >= 11 is 0. The maximum absolute atomic E-state index is 12.6. The molecule has 6 heteroatoms. The molecule has 28 heavy (non-hydrogen) atoms. The van der Waals surface area contributed by atoms with Gasteiger partial charge in [0.05, 0.1) is 11.4 Å². The first-order chi connectivity index (χ1) is 13.1. The molecule has 0 bridgehead atoms.